The van der Waals surface area contributed by atoms with E-state index < -0.39 is 16.1 Å². The summed E-state index contributed by atoms with van der Waals surface area (Å²) in [7, 11) is -3.92. The van der Waals surface area contributed by atoms with Crippen molar-refractivity contribution in [3.8, 4) is 11.5 Å². The Bertz CT molecular complexity index is 1420. The van der Waals surface area contributed by atoms with Crippen LogP contribution in [0.3, 0.4) is 0 Å². The largest absolute Gasteiger partial charge is 0.490 e. The van der Waals surface area contributed by atoms with E-state index in [0.29, 0.717) is 30.5 Å². The van der Waals surface area contributed by atoms with E-state index in [1.54, 1.807) is 6.07 Å². The number of rotatable bonds is 5. The minimum absolute atomic E-state index is 0.110. The summed E-state index contributed by atoms with van der Waals surface area (Å²) in [5, 5.41) is 0.959. The maximum atomic E-state index is 13.5. The summed E-state index contributed by atoms with van der Waals surface area (Å²) in [5.74, 6) is 1.56. The lowest BCUT2D eigenvalue weighted by molar-refractivity contribution is 0.297. The van der Waals surface area contributed by atoms with Crippen molar-refractivity contribution in [2.24, 2.45) is 0 Å². The second kappa shape index (κ2) is 8.57. The van der Waals surface area contributed by atoms with Gasteiger partial charge in [0.05, 0.1) is 18.1 Å². The quantitative estimate of drug-likeness (QED) is 0.436. The molecule has 0 bridgehead atoms. The molecule has 7 heteroatoms. The lowest BCUT2D eigenvalue weighted by atomic mass is 9.98. The molecule has 5 rings (SSSR count). The van der Waals surface area contributed by atoms with Crippen LogP contribution in [0.4, 0.5) is 0 Å². The molecule has 1 aliphatic heterocycles. The zero-order valence-electron chi connectivity index (χ0n) is 18.5. The Labute approximate surface area is 193 Å². The van der Waals surface area contributed by atoms with Crippen molar-refractivity contribution in [1.82, 2.24) is 4.72 Å². The van der Waals surface area contributed by atoms with E-state index in [2.05, 4.69) is 4.72 Å². The van der Waals surface area contributed by atoms with E-state index in [0.717, 1.165) is 34.1 Å². The van der Waals surface area contributed by atoms with E-state index in [1.165, 1.54) is 12.1 Å². The first-order valence-electron chi connectivity index (χ1n) is 10.9. The van der Waals surface area contributed by atoms with Crippen molar-refractivity contribution in [3.63, 3.8) is 0 Å². The minimum Gasteiger partial charge on any atom is -0.490 e. The number of benzene rings is 3. The van der Waals surface area contributed by atoms with Crippen LogP contribution in [0.2, 0.25) is 0 Å². The van der Waals surface area contributed by atoms with Crippen LogP contribution in [0.5, 0.6) is 11.5 Å². The van der Waals surface area contributed by atoms with Gasteiger partial charge in [-0.2, -0.15) is 4.72 Å². The number of nitrogens with one attached hydrogen (secondary N) is 1. The molecule has 3 aromatic carbocycles. The van der Waals surface area contributed by atoms with E-state index in [9.17, 15) is 8.42 Å². The highest BCUT2D eigenvalue weighted by Gasteiger charge is 2.29. The van der Waals surface area contributed by atoms with Crippen molar-refractivity contribution in [3.05, 3.63) is 89.2 Å². The number of ether oxygens (including phenoxy) is 2. The Balaban J connectivity index is 1.60. The van der Waals surface area contributed by atoms with Gasteiger partial charge in [0.25, 0.3) is 0 Å². The second-order valence-corrected chi connectivity index (χ2v) is 9.87. The monoisotopic (exact) mass is 463 g/mol. The van der Waals surface area contributed by atoms with Gasteiger partial charge < -0.3 is 13.9 Å². The Kier molecular flexibility index (Phi) is 5.60. The Morgan fingerprint density at radius 1 is 0.879 bits per heavy atom. The fraction of sp³-hybridized carbons (Fsp3) is 0.231. The predicted octanol–water partition coefficient (Wildman–Crippen LogP) is 5.28. The number of furan rings is 1. The Morgan fingerprint density at radius 2 is 1.61 bits per heavy atom. The van der Waals surface area contributed by atoms with E-state index in [-0.39, 0.29) is 4.90 Å². The minimum atomic E-state index is -3.92. The molecule has 0 saturated carbocycles. The van der Waals surface area contributed by atoms with Crippen molar-refractivity contribution in [1.29, 1.82) is 0 Å². The highest BCUT2D eigenvalue weighted by molar-refractivity contribution is 7.89. The van der Waals surface area contributed by atoms with Crippen LogP contribution in [0, 0.1) is 13.8 Å². The molecule has 0 radical (unpaired) electrons. The third-order valence-corrected chi connectivity index (χ3v) is 7.37. The SMILES string of the molecule is Cc1ccccc1[C@H](NS(=O)(=O)c1ccc2c(c1)OCCCO2)c1oc2ccccc2c1C. The van der Waals surface area contributed by atoms with Gasteiger partial charge in [0.1, 0.15) is 17.4 Å². The fourth-order valence-electron chi connectivity index (χ4n) is 4.17. The lowest BCUT2D eigenvalue weighted by Gasteiger charge is -2.20. The number of hydrogen-bond donors (Lipinski definition) is 1. The third kappa shape index (κ3) is 4.10. The normalized spacial score (nSPS) is 14.7. The van der Waals surface area contributed by atoms with Crippen LogP contribution in [0.15, 0.2) is 76.0 Å². The van der Waals surface area contributed by atoms with Crippen molar-refractivity contribution in [2.75, 3.05) is 13.2 Å². The first-order chi connectivity index (χ1) is 15.9. The van der Waals surface area contributed by atoms with Crippen LogP contribution < -0.4 is 14.2 Å². The molecule has 2 heterocycles. The summed E-state index contributed by atoms with van der Waals surface area (Å²) in [6, 6.07) is 19.4. The topological polar surface area (TPSA) is 77.8 Å². The molecule has 1 N–H and O–H groups in total. The number of aryl methyl sites for hydroxylation is 2. The molecule has 0 unspecified atom stereocenters. The Morgan fingerprint density at radius 3 is 2.39 bits per heavy atom. The number of para-hydroxylation sites is 1. The zero-order valence-corrected chi connectivity index (χ0v) is 19.3. The second-order valence-electron chi connectivity index (χ2n) is 8.16. The summed E-state index contributed by atoms with van der Waals surface area (Å²) in [4.78, 5) is 0.110. The summed E-state index contributed by atoms with van der Waals surface area (Å²) in [6.45, 7) is 4.93. The molecule has 0 spiro atoms. The summed E-state index contributed by atoms with van der Waals surface area (Å²) in [5.41, 5.74) is 3.42. The highest BCUT2D eigenvalue weighted by Crippen LogP contribution is 2.36. The predicted molar refractivity (Wildman–Crippen MR) is 126 cm³/mol. The third-order valence-electron chi connectivity index (χ3n) is 5.94. The summed E-state index contributed by atoms with van der Waals surface area (Å²) >= 11 is 0. The van der Waals surface area contributed by atoms with Gasteiger partial charge in [0.15, 0.2) is 11.5 Å². The van der Waals surface area contributed by atoms with Crippen LogP contribution in [-0.2, 0) is 10.0 Å². The van der Waals surface area contributed by atoms with E-state index in [1.807, 2.05) is 62.4 Å². The van der Waals surface area contributed by atoms with Gasteiger partial charge >= 0.3 is 0 Å². The van der Waals surface area contributed by atoms with E-state index >= 15 is 0 Å². The van der Waals surface area contributed by atoms with Crippen LogP contribution in [0.1, 0.15) is 34.9 Å². The van der Waals surface area contributed by atoms with Gasteiger partial charge in [-0.25, -0.2) is 8.42 Å². The lowest BCUT2D eigenvalue weighted by Crippen LogP contribution is -2.30. The van der Waals surface area contributed by atoms with Crippen LogP contribution in [0.25, 0.3) is 11.0 Å². The van der Waals surface area contributed by atoms with Gasteiger partial charge in [0.2, 0.25) is 10.0 Å². The molecular formula is C26H25NO5S. The molecule has 6 nitrogen and oxygen atoms in total. The number of hydrogen-bond acceptors (Lipinski definition) is 5. The van der Waals surface area contributed by atoms with Gasteiger partial charge in [-0.05, 0) is 43.2 Å². The van der Waals surface area contributed by atoms with Gasteiger partial charge in [-0.1, -0.05) is 42.5 Å². The van der Waals surface area contributed by atoms with Crippen LogP contribution >= 0.6 is 0 Å². The molecule has 4 aromatic rings. The van der Waals surface area contributed by atoms with Gasteiger partial charge in [-0.3, -0.25) is 0 Å². The molecule has 1 aliphatic rings. The summed E-state index contributed by atoms with van der Waals surface area (Å²) in [6.07, 6.45) is 0.746. The van der Waals surface area contributed by atoms with Gasteiger partial charge in [-0.15, -0.1) is 0 Å². The van der Waals surface area contributed by atoms with Crippen molar-refractivity contribution >= 4 is 21.0 Å². The van der Waals surface area contributed by atoms with Crippen molar-refractivity contribution in [2.45, 2.75) is 31.2 Å². The number of fused-ring (bicyclic) bond motifs is 2. The van der Waals surface area contributed by atoms with Crippen molar-refractivity contribution < 1.29 is 22.3 Å². The molecular weight excluding hydrogens is 438 g/mol. The molecule has 33 heavy (non-hydrogen) atoms. The average molecular weight is 464 g/mol. The average Bonchev–Trinajstić information content (AvgIpc) is 2.98. The highest BCUT2D eigenvalue weighted by atomic mass is 32.2. The molecule has 0 aliphatic carbocycles. The zero-order chi connectivity index (χ0) is 23.0. The number of sulfonamides is 1. The fourth-order valence-corrected chi connectivity index (χ4v) is 5.36. The molecule has 170 valence electrons. The first-order valence-corrected chi connectivity index (χ1v) is 12.4. The molecule has 0 saturated heterocycles. The molecule has 1 aromatic heterocycles. The maximum Gasteiger partial charge on any atom is 0.241 e. The van der Waals surface area contributed by atoms with E-state index in [4.69, 9.17) is 13.9 Å². The Hall–Kier alpha value is -3.29. The van der Waals surface area contributed by atoms with Gasteiger partial charge in [0, 0.05) is 23.4 Å². The smallest absolute Gasteiger partial charge is 0.241 e. The standard InChI is InChI=1S/C26H25NO5S/c1-17-8-3-4-9-20(17)25(26-18(2)21-10-5-6-11-22(21)32-26)27-33(28,29)19-12-13-23-24(16-19)31-15-7-14-30-23/h3-6,8-13,16,25,27H,7,14-15H2,1-2H3/t25-/m0/s1. The summed E-state index contributed by atoms with van der Waals surface area (Å²) < 4.78 is 47.5. The molecule has 1 atom stereocenters. The molecule has 0 amide bonds. The first kappa shape index (κ1) is 21.6. The maximum absolute atomic E-state index is 13.5. The van der Waals surface area contributed by atoms with Crippen LogP contribution in [-0.4, -0.2) is 21.6 Å². The molecule has 0 fully saturated rings.